The zero-order valence-corrected chi connectivity index (χ0v) is 12.6. The Balaban J connectivity index is 1.83. The Labute approximate surface area is 127 Å². The van der Waals surface area contributed by atoms with Crippen molar-refractivity contribution >= 4 is 11.8 Å². The van der Waals surface area contributed by atoms with Gasteiger partial charge in [-0.1, -0.05) is 0 Å². The van der Waals surface area contributed by atoms with E-state index >= 15 is 0 Å². The number of aromatic nitrogens is 4. The Morgan fingerprint density at radius 2 is 2.27 bits per heavy atom. The Bertz CT molecular complexity index is 704. The molecule has 0 saturated heterocycles. The van der Waals surface area contributed by atoms with Crippen molar-refractivity contribution in [1.82, 2.24) is 29.5 Å². The summed E-state index contributed by atoms with van der Waals surface area (Å²) in [5.41, 5.74) is 1.33. The van der Waals surface area contributed by atoms with E-state index in [9.17, 15) is 9.59 Å². The summed E-state index contributed by atoms with van der Waals surface area (Å²) in [5.74, 6) is -0.200. The van der Waals surface area contributed by atoms with Crippen molar-refractivity contribution in [2.45, 2.75) is 19.0 Å². The van der Waals surface area contributed by atoms with Crippen LogP contribution >= 0.6 is 0 Å². The number of nitrogens with one attached hydrogen (secondary N) is 1. The second-order valence-electron chi connectivity index (χ2n) is 5.41. The van der Waals surface area contributed by atoms with Crippen molar-refractivity contribution < 1.29 is 9.59 Å². The van der Waals surface area contributed by atoms with E-state index in [0.29, 0.717) is 18.8 Å². The first kappa shape index (κ1) is 14.3. The van der Waals surface area contributed by atoms with Gasteiger partial charge in [0, 0.05) is 33.0 Å². The lowest BCUT2D eigenvalue weighted by atomic mass is 10.1. The Hall–Kier alpha value is -2.64. The highest BCUT2D eigenvalue weighted by Gasteiger charge is 2.30. The van der Waals surface area contributed by atoms with Crippen LogP contribution in [0.3, 0.4) is 0 Å². The summed E-state index contributed by atoms with van der Waals surface area (Å²) in [4.78, 5) is 30.1. The molecule has 0 saturated carbocycles. The van der Waals surface area contributed by atoms with Crippen molar-refractivity contribution in [3.63, 3.8) is 0 Å². The van der Waals surface area contributed by atoms with Gasteiger partial charge in [0.2, 0.25) is 5.91 Å². The summed E-state index contributed by atoms with van der Waals surface area (Å²) < 4.78 is 3.57. The molecule has 8 heteroatoms. The summed E-state index contributed by atoms with van der Waals surface area (Å²) in [6.45, 7) is 0.914. The van der Waals surface area contributed by atoms with Crippen LogP contribution in [0.2, 0.25) is 0 Å². The molecule has 0 spiro atoms. The molecule has 8 nitrogen and oxygen atoms in total. The normalized spacial score (nSPS) is 17.2. The van der Waals surface area contributed by atoms with Crippen molar-refractivity contribution in [3.05, 3.63) is 36.2 Å². The molecule has 0 aliphatic carbocycles. The van der Waals surface area contributed by atoms with Gasteiger partial charge in [-0.05, 0) is 6.07 Å². The molecule has 1 atom stereocenters. The molecule has 3 heterocycles. The van der Waals surface area contributed by atoms with E-state index in [1.807, 2.05) is 17.8 Å². The molecule has 0 fully saturated rings. The molecule has 3 rings (SSSR count). The quantitative estimate of drug-likeness (QED) is 0.861. The number of rotatable bonds is 3. The van der Waals surface area contributed by atoms with Crippen molar-refractivity contribution in [3.8, 4) is 0 Å². The smallest absolute Gasteiger partial charge is 0.274 e. The van der Waals surface area contributed by atoms with Gasteiger partial charge in [0.25, 0.3) is 5.91 Å². The minimum Gasteiger partial charge on any atom is -0.359 e. The first-order valence-electron chi connectivity index (χ1n) is 7.08. The Kier molecular flexibility index (Phi) is 3.66. The first-order chi connectivity index (χ1) is 10.6. The molecule has 0 radical (unpaired) electrons. The van der Waals surface area contributed by atoms with Crippen molar-refractivity contribution in [1.29, 1.82) is 0 Å². The van der Waals surface area contributed by atoms with Gasteiger partial charge in [0.1, 0.15) is 5.69 Å². The number of imidazole rings is 1. The number of aryl methyl sites for hydroxylation is 1. The monoisotopic (exact) mass is 302 g/mol. The Morgan fingerprint density at radius 1 is 1.45 bits per heavy atom. The highest BCUT2D eigenvalue weighted by atomic mass is 16.2. The number of fused-ring (bicyclic) bond motifs is 1. The summed E-state index contributed by atoms with van der Waals surface area (Å²) in [7, 11) is 3.43. The van der Waals surface area contributed by atoms with Gasteiger partial charge in [0.05, 0.1) is 31.0 Å². The van der Waals surface area contributed by atoms with E-state index in [0.717, 1.165) is 5.69 Å². The average Bonchev–Trinajstić information content (AvgIpc) is 3.14. The van der Waals surface area contributed by atoms with E-state index in [-0.39, 0.29) is 24.3 Å². The van der Waals surface area contributed by atoms with Crippen molar-refractivity contribution in [2.24, 2.45) is 7.05 Å². The van der Waals surface area contributed by atoms with Crippen LogP contribution in [0, 0.1) is 0 Å². The molecule has 0 unspecified atom stereocenters. The highest BCUT2D eigenvalue weighted by Crippen LogP contribution is 2.24. The lowest BCUT2D eigenvalue weighted by molar-refractivity contribution is -0.121. The number of carbonyl (C=O) groups excluding carboxylic acids is 2. The van der Waals surface area contributed by atoms with Gasteiger partial charge in [-0.2, -0.15) is 5.10 Å². The largest absolute Gasteiger partial charge is 0.359 e. The fraction of sp³-hybridized carbons (Fsp3) is 0.429. The molecule has 1 N–H and O–H groups in total. The van der Waals surface area contributed by atoms with Gasteiger partial charge >= 0.3 is 0 Å². The predicted molar refractivity (Wildman–Crippen MR) is 77.9 cm³/mol. The van der Waals surface area contributed by atoms with Gasteiger partial charge in [0.15, 0.2) is 0 Å². The molecule has 2 amide bonds. The number of hydrogen-bond donors (Lipinski definition) is 1. The van der Waals surface area contributed by atoms with Crippen LogP contribution in [-0.4, -0.2) is 49.6 Å². The van der Waals surface area contributed by atoms with E-state index in [1.54, 1.807) is 35.2 Å². The van der Waals surface area contributed by atoms with Crippen LogP contribution in [0.5, 0.6) is 0 Å². The predicted octanol–water partition coefficient (Wildman–Crippen LogP) is -0.0502. The van der Waals surface area contributed by atoms with Crippen LogP contribution in [0.1, 0.15) is 28.6 Å². The third kappa shape index (κ3) is 2.59. The minimum atomic E-state index is -0.161. The fourth-order valence-corrected chi connectivity index (χ4v) is 2.69. The minimum absolute atomic E-state index is 0.0708. The SMILES string of the molecule is CNC(=O)C[C@@H]1CN(C(=O)c2cn(C)cn2)Cc2ccnn21. The molecular weight excluding hydrogens is 284 g/mol. The lowest BCUT2D eigenvalue weighted by Crippen LogP contribution is -2.42. The lowest BCUT2D eigenvalue weighted by Gasteiger charge is -2.33. The summed E-state index contributed by atoms with van der Waals surface area (Å²) in [6, 6.07) is 1.71. The number of amides is 2. The molecule has 2 aromatic rings. The van der Waals surface area contributed by atoms with Gasteiger partial charge in [-0.25, -0.2) is 4.98 Å². The Morgan fingerprint density at radius 3 is 2.95 bits per heavy atom. The topological polar surface area (TPSA) is 85.1 Å². The van der Waals surface area contributed by atoms with Crippen LogP contribution in [0.4, 0.5) is 0 Å². The zero-order valence-electron chi connectivity index (χ0n) is 12.6. The summed E-state index contributed by atoms with van der Waals surface area (Å²) in [5, 5.41) is 6.89. The maximum atomic E-state index is 12.6. The molecule has 2 aromatic heterocycles. The second kappa shape index (κ2) is 5.63. The third-order valence-electron chi connectivity index (χ3n) is 3.79. The van der Waals surface area contributed by atoms with E-state index in [4.69, 9.17) is 0 Å². The summed E-state index contributed by atoms with van der Waals surface area (Å²) in [6.07, 6.45) is 5.28. The van der Waals surface area contributed by atoms with Crippen molar-refractivity contribution in [2.75, 3.05) is 13.6 Å². The van der Waals surface area contributed by atoms with E-state index in [2.05, 4.69) is 15.4 Å². The average molecular weight is 302 g/mol. The number of nitrogens with zero attached hydrogens (tertiary/aromatic N) is 5. The summed E-state index contributed by atoms with van der Waals surface area (Å²) >= 11 is 0. The third-order valence-corrected chi connectivity index (χ3v) is 3.79. The molecular formula is C14H18N6O2. The molecule has 0 aromatic carbocycles. The molecule has 1 aliphatic rings. The van der Waals surface area contributed by atoms with E-state index in [1.165, 1.54) is 0 Å². The van der Waals surface area contributed by atoms with Gasteiger partial charge in [-0.15, -0.1) is 0 Å². The molecule has 116 valence electrons. The van der Waals surface area contributed by atoms with Crippen LogP contribution in [-0.2, 0) is 18.4 Å². The molecule has 1 aliphatic heterocycles. The maximum absolute atomic E-state index is 12.6. The van der Waals surface area contributed by atoms with Gasteiger partial charge < -0.3 is 14.8 Å². The number of carbonyl (C=O) groups is 2. The van der Waals surface area contributed by atoms with Crippen LogP contribution in [0.15, 0.2) is 24.8 Å². The van der Waals surface area contributed by atoms with E-state index < -0.39 is 0 Å². The second-order valence-corrected chi connectivity index (χ2v) is 5.41. The zero-order chi connectivity index (χ0) is 15.7. The molecule has 0 bridgehead atoms. The fourth-order valence-electron chi connectivity index (χ4n) is 2.69. The standard InChI is InChI=1S/C14H18N6O2/c1-15-13(21)5-11-7-19(6-10-3-4-17-20(10)11)14(22)12-8-18(2)9-16-12/h3-4,8-9,11H,5-7H2,1-2H3,(H,15,21)/t11-/m1/s1. The first-order valence-corrected chi connectivity index (χ1v) is 7.08. The van der Waals surface area contributed by atoms with Crippen LogP contribution < -0.4 is 5.32 Å². The number of hydrogen-bond acceptors (Lipinski definition) is 4. The maximum Gasteiger partial charge on any atom is 0.274 e. The molecule has 22 heavy (non-hydrogen) atoms. The highest BCUT2D eigenvalue weighted by molar-refractivity contribution is 5.92. The van der Waals surface area contributed by atoms with Crippen LogP contribution in [0.25, 0.3) is 0 Å². The van der Waals surface area contributed by atoms with Gasteiger partial charge in [-0.3, -0.25) is 14.3 Å².